The molecule has 0 aliphatic carbocycles. The van der Waals surface area contributed by atoms with E-state index in [0.29, 0.717) is 5.76 Å². The van der Waals surface area contributed by atoms with Gasteiger partial charge in [-0.3, -0.25) is 0 Å². The summed E-state index contributed by atoms with van der Waals surface area (Å²) in [6, 6.07) is 36.2. The molecule has 33 heavy (non-hydrogen) atoms. The van der Waals surface area contributed by atoms with Crippen molar-refractivity contribution < 1.29 is 9.52 Å². The molecule has 1 N–H and O–H groups in total. The second-order valence-corrected chi connectivity index (χ2v) is 8.11. The minimum absolute atomic E-state index is 0.599. The van der Waals surface area contributed by atoms with Gasteiger partial charge in [-0.25, -0.2) is 4.68 Å². The Morgan fingerprint density at radius 3 is 2.03 bits per heavy atom. The van der Waals surface area contributed by atoms with E-state index < -0.39 is 11.6 Å². The maximum Gasteiger partial charge on any atom is 0.149 e. The van der Waals surface area contributed by atoms with E-state index in [4.69, 9.17) is 4.42 Å². The van der Waals surface area contributed by atoms with Gasteiger partial charge in [0.05, 0.1) is 5.52 Å². The Hall–Kier alpha value is -4.22. The van der Waals surface area contributed by atoms with E-state index in [2.05, 4.69) is 10.3 Å². The zero-order valence-corrected chi connectivity index (χ0v) is 17.7. The molecule has 2 aromatic heterocycles. The number of furan rings is 1. The Morgan fingerprint density at radius 1 is 0.727 bits per heavy atom. The molecule has 1 atom stereocenters. The van der Waals surface area contributed by atoms with Gasteiger partial charge in [0, 0.05) is 5.39 Å². The minimum Gasteiger partial charge on any atom is -0.459 e. The van der Waals surface area contributed by atoms with Crippen molar-refractivity contribution >= 4 is 22.0 Å². The zero-order chi connectivity index (χ0) is 22.3. The normalized spacial score (nSPS) is 12.9. The molecule has 6 rings (SSSR count). The largest absolute Gasteiger partial charge is 0.459 e. The fourth-order valence-corrected chi connectivity index (χ4v) is 4.59. The van der Waals surface area contributed by atoms with E-state index in [1.165, 1.54) is 0 Å². The first-order chi connectivity index (χ1) is 16.2. The molecule has 0 saturated heterocycles. The lowest BCUT2D eigenvalue weighted by Gasteiger charge is -2.36. The Balaban J connectivity index is 1.70. The van der Waals surface area contributed by atoms with Crippen LogP contribution in [0.1, 0.15) is 22.9 Å². The van der Waals surface area contributed by atoms with E-state index in [9.17, 15) is 5.11 Å². The molecule has 160 valence electrons. The Bertz CT molecular complexity index is 1460. The van der Waals surface area contributed by atoms with Crippen molar-refractivity contribution in [3.8, 4) is 0 Å². The first-order valence-corrected chi connectivity index (χ1v) is 10.9. The van der Waals surface area contributed by atoms with Gasteiger partial charge in [0.25, 0.3) is 0 Å². The molecule has 1 unspecified atom stereocenters. The van der Waals surface area contributed by atoms with Crippen molar-refractivity contribution in [2.75, 3.05) is 0 Å². The summed E-state index contributed by atoms with van der Waals surface area (Å²) in [6.45, 7) is 0. The molecule has 0 amide bonds. The Morgan fingerprint density at radius 2 is 1.33 bits per heavy atom. The number of benzene rings is 4. The van der Waals surface area contributed by atoms with Crippen LogP contribution in [0.3, 0.4) is 0 Å². The first kappa shape index (κ1) is 19.5. The smallest absolute Gasteiger partial charge is 0.149 e. The predicted octanol–water partition coefficient (Wildman–Crippen LogP) is 5.70. The van der Waals surface area contributed by atoms with Gasteiger partial charge in [0.2, 0.25) is 0 Å². The quantitative estimate of drug-likeness (QED) is 0.380. The van der Waals surface area contributed by atoms with Crippen LogP contribution in [-0.2, 0) is 5.60 Å². The third-order valence-electron chi connectivity index (χ3n) is 6.16. The van der Waals surface area contributed by atoms with Crippen molar-refractivity contribution in [3.05, 3.63) is 132 Å². The standard InChI is InChI=1S/C28H21N3O2/c32-28(21-12-3-1-4-13-21,22-14-5-2-6-15-22)27(26-19-20-11-7-10-18-25(20)33-26)31-24-17-9-8-16-23(24)29-30-31/h1-19,27,32H. The molecule has 5 nitrogen and oxygen atoms in total. The molecule has 6 aromatic rings. The topological polar surface area (TPSA) is 64.1 Å². The number of aliphatic hydroxyl groups is 1. The van der Waals surface area contributed by atoms with E-state index in [1.807, 2.05) is 115 Å². The summed E-state index contributed by atoms with van der Waals surface area (Å²) in [4.78, 5) is 0. The Labute approximate surface area is 190 Å². The minimum atomic E-state index is -1.48. The number of para-hydroxylation sites is 2. The van der Waals surface area contributed by atoms with E-state index >= 15 is 0 Å². The van der Waals surface area contributed by atoms with E-state index in [1.54, 1.807) is 4.68 Å². The van der Waals surface area contributed by atoms with Crippen LogP contribution in [0, 0.1) is 0 Å². The van der Waals surface area contributed by atoms with Gasteiger partial charge in [-0.15, -0.1) is 5.10 Å². The number of nitrogens with zero attached hydrogens (tertiary/aromatic N) is 3. The van der Waals surface area contributed by atoms with Gasteiger partial charge in [0.1, 0.15) is 28.5 Å². The van der Waals surface area contributed by atoms with Crippen LogP contribution < -0.4 is 0 Å². The average Bonchev–Trinajstić information content (AvgIpc) is 3.50. The molecule has 2 heterocycles. The first-order valence-electron chi connectivity index (χ1n) is 10.9. The molecule has 0 radical (unpaired) electrons. The molecule has 0 spiro atoms. The number of hydrogen-bond donors (Lipinski definition) is 1. The molecular formula is C28H21N3O2. The number of fused-ring (bicyclic) bond motifs is 2. The van der Waals surface area contributed by atoms with Gasteiger partial charge in [-0.05, 0) is 35.4 Å². The highest BCUT2D eigenvalue weighted by atomic mass is 16.3. The van der Waals surface area contributed by atoms with Gasteiger partial charge in [-0.1, -0.05) is 96.2 Å². The third-order valence-corrected chi connectivity index (χ3v) is 6.16. The summed E-state index contributed by atoms with van der Waals surface area (Å²) in [5.74, 6) is 0.599. The monoisotopic (exact) mass is 431 g/mol. The van der Waals surface area contributed by atoms with Crippen molar-refractivity contribution in [1.29, 1.82) is 0 Å². The van der Waals surface area contributed by atoms with Crippen LogP contribution in [0.2, 0.25) is 0 Å². The van der Waals surface area contributed by atoms with Gasteiger partial charge < -0.3 is 9.52 Å². The predicted molar refractivity (Wildman–Crippen MR) is 128 cm³/mol. The number of aromatic nitrogens is 3. The van der Waals surface area contributed by atoms with Crippen molar-refractivity contribution in [2.45, 2.75) is 11.6 Å². The van der Waals surface area contributed by atoms with Crippen molar-refractivity contribution in [2.24, 2.45) is 0 Å². The van der Waals surface area contributed by atoms with Crippen LogP contribution in [0.15, 0.2) is 120 Å². The average molecular weight is 431 g/mol. The summed E-state index contributed by atoms with van der Waals surface area (Å²) >= 11 is 0. The van der Waals surface area contributed by atoms with Gasteiger partial charge >= 0.3 is 0 Å². The summed E-state index contributed by atoms with van der Waals surface area (Å²) < 4.78 is 8.11. The summed E-state index contributed by atoms with van der Waals surface area (Å²) in [7, 11) is 0. The van der Waals surface area contributed by atoms with Crippen molar-refractivity contribution in [3.63, 3.8) is 0 Å². The maximum absolute atomic E-state index is 12.7. The van der Waals surface area contributed by atoms with Crippen LogP contribution in [0.25, 0.3) is 22.0 Å². The van der Waals surface area contributed by atoms with E-state index in [0.717, 1.165) is 33.1 Å². The maximum atomic E-state index is 12.7. The second kappa shape index (κ2) is 7.73. The summed E-state index contributed by atoms with van der Waals surface area (Å²) in [5, 5.41) is 22.5. The fraction of sp³-hybridized carbons (Fsp3) is 0.0714. The lowest BCUT2D eigenvalue weighted by Crippen LogP contribution is -2.39. The fourth-order valence-electron chi connectivity index (χ4n) is 4.59. The lowest BCUT2D eigenvalue weighted by molar-refractivity contribution is 0.0270. The molecule has 0 aliphatic rings. The van der Waals surface area contributed by atoms with Crippen LogP contribution in [0.4, 0.5) is 0 Å². The zero-order valence-electron chi connectivity index (χ0n) is 17.7. The van der Waals surface area contributed by atoms with Gasteiger partial charge in [-0.2, -0.15) is 0 Å². The van der Waals surface area contributed by atoms with Crippen LogP contribution >= 0.6 is 0 Å². The number of rotatable bonds is 5. The highest BCUT2D eigenvalue weighted by molar-refractivity contribution is 5.78. The SMILES string of the molecule is OC(c1ccccc1)(c1ccccc1)C(c1cc2ccccc2o1)n1nnc2ccccc21. The lowest BCUT2D eigenvalue weighted by atomic mass is 9.79. The molecule has 0 aliphatic heterocycles. The molecular weight excluding hydrogens is 410 g/mol. The molecule has 0 bridgehead atoms. The molecule has 5 heteroatoms. The highest BCUT2D eigenvalue weighted by Gasteiger charge is 2.45. The van der Waals surface area contributed by atoms with Crippen LogP contribution in [0.5, 0.6) is 0 Å². The van der Waals surface area contributed by atoms with Crippen LogP contribution in [-0.4, -0.2) is 20.1 Å². The van der Waals surface area contributed by atoms with Crippen molar-refractivity contribution in [1.82, 2.24) is 15.0 Å². The molecule has 0 saturated carbocycles. The van der Waals surface area contributed by atoms with E-state index in [-0.39, 0.29) is 0 Å². The summed E-state index contributed by atoms with van der Waals surface area (Å²) in [6.07, 6.45) is 0. The summed E-state index contributed by atoms with van der Waals surface area (Å²) in [5.41, 5.74) is 2.32. The third kappa shape index (κ3) is 3.13. The highest BCUT2D eigenvalue weighted by Crippen LogP contribution is 2.45. The molecule has 0 fully saturated rings. The molecule has 4 aromatic carbocycles. The number of hydrogen-bond acceptors (Lipinski definition) is 4. The second-order valence-electron chi connectivity index (χ2n) is 8.11. The Kier molecular flexibility index (Phi) is 4.56. The van der Waals surface area contributed by atoms with Gasteiger partial charge in [0.15, 0.2) is 0 Å².